The van der Waals surface area contributed by atoms with Crippen molar-refractivity contribution in [3.05, 3.63) is 109 Å². The number of hydrogen-bond acceptors (Lipinski definition) is 6. The molecule has 4 aromatic carbocycles. The molecule has 1 N–H and O–H groups in total. The number of amides is 1. The molecular formula is C30H24N2O5. The van der Waals surface area contributed by atoms with E-state index in [1.807, 2.05) is 48.5 Å². The smallest absolute Gasteiger partial charge is 0.256 e. The summed E-state index contributed by atoms with van der Waals surface area (Å²) in [6, 6.07) is 29.3. The molecule has 1 heterocycles. The minimum Gasteiger partial charge on any atom is -0.497 e. The number of nitrogens with one attached hydrogen (secondary N) is 1. The molecule has 0 unspecified atom stereocenters. The monoisotopic (exact) mass is 492 g/mol. The van der Waals surface area contributed by atoms with E-state index in [1.54, 1.807) is 68.9 Å². The second kappa shape index (κ2) is 10.7. The third-order valence-electron chi connectivity index (χ3n) is 5.67. The van der Waals surface area contributed by atoms with Gasteiger partial charge in [0.25, 0.3) is 5.91 Å². The first-order valence-corrected chi connectivity index (χ1v) is 11.6. The molecule has 1 aromatic heterocycles. The fourth-order valence-electron chi connectivity index (χ4n) is 3.82. The highest BCUT2D eigenvalue weighted by Crippen LogP contribution is 2.36. The van der Waals surface area contributed by atoms with E-state index in [9.17, 15) is 4.79 Å². The number of rotatable bonds is 8. The summed E-state index contributed by atoms with van der Waals surface area (Å²) in [5.74, 6) is 3.23. The number of nitrogens with zero attached hydrogens (tertiary/aromatic N) is 1. The topological polar surface area (TPSA) is 82.8 Å². The van der Waals surface area contributed by atoms with Crippen LogP contribution in [0.1, 0.15) is 10.4 Å². The standard InChI is InChI=1S/C30H24N2O5/c1-34-23-16-17-26(27(18-23)35-2)28-19-31-30(37-28)25-11-7-6-10-24(25)29(33)32-20-12-14-22(15-13-20)36-21-8-4-3-5-9-21/h3-19H,1-2H3,(H,32,33). The Bertz CT molecular complexity index is 1510. The van der Waals surface area contributed by atoms with Crippen LogP contribution in [0.15, 0.2) is 108 Å². The van der Waals surface area contributed by atoms with Gasteiger partial charge in [-0.2, -0.15) is 0 Å². The van der Waals surface area contributed by atoms with Crippen LogP contribution in [0.4, 0.5) is 5.69 Å². The predicted molar refractivity (Wildman–Crippen MR) is 141 cm³/mol. The van der Waals surface area contributed by atoms with Gasteiger partial charge < -0.3 is 23.9 Å². The van der Waals surface area contributed by atoms with Crippen LogP contribution >= 0.6 is 0 Å². The normalized spacial score (nSPS) is 10.5. The summed E-state index contributed by atoms with van der Waals surface area (Å²) in [5, 5.41) is 2.93. The Morgan fingerprint density at radius 2 is 1.46 bits per heavy atom. The Balaban J connectivity index is 1.35. The number of ether oxygens (including phenoxy) is 3. The highest BCUT2D eigenvalue weighted by atomic mass is 16.5. The number of para-hydroxylation sites is 1. The van der Waals surface area contributed by atoms with Gasteiger partial charge in [0.15, 0.2) is 5.76 Å². The summed E-state index contributed by atoms with van der Waals surface area (Å²) in [5.41, 5.74) is 2.36. The molecule has 1 amide bonds. The number of carbonyl (C=O) groups is 1. The number of benzene rings is 4. The van der Waals surface area contributed by atoms with Crippen molar-refractivity contribution in [2.75, 3.05) is 19.5 Å². The summed E-state index contributed by atoms with van der Waals surface area (Å²) in [6.07, 6.45) is 1.61. The zero-order chi connectivity index (χ0) is 25.6. The van der Waals surface area contributed by atoms with Crippen molar-refractivity contribution in [1.82, 2.24) is 4.98 Å². The second-order valence-corrected chi connectivity index (χ2v) is 8.04. The Morgan fingerprint density at radius 3 is 2.22 bits per heavy atom. The second-order valence-electron chi connectivity index (χ2n) is 8.04. The molecule has 0 atom stereocenters. The number of methoxy groups -OCH3 is 2. The van der Waals surface area contributed by atoms with Gasteiger partial charge in [-0.1, -0.05) is 30.3 Å². The molecule has 0 bridgehead atoms. The van der Waals surface area contributed by atoms with Crippen LogP contribution in [0.25, 0.3) is 22.8 Å². The largest absolute Gasteiger partial charge is 0.497 e. The van der Waals surface area contributed by atoms with Crippen LogP contribution in [0.3, 0.4) is 0 Å². The van der Waals surface area contributed by atoms with Crippen molar-refractivity contribution in [2.24, 2.45) is 0 Å². The minimum absolute atomic E-state index is 0.283. The van der Waals surface area contributed by atoms with E-state index >= 15 is 0 Å². The first kappa shape index (κ1) is 23.7. The van der Waals surface area contributed by atoms with Crippen molar-refractivity contribution in [3.8, 4) is 45.8 Å². The molecule has 0 radical (unpaired) electrons. The van der Waals surface area contributed by atoms with Crippen LogP contribution in [-0.2, 0) is 0 Å². The molecule has 37 heavy (non-hydrogen) atoms. The van der Waals surface area contributed by atoms with Gasteiger partial charge in [0.1, 0.15) is 23.0 Å². The first-order valence-electron chi connectivity index (χ1n) is 11.6. The van der Waals surface area contributed by atoms with Crippen LogP contribution in [0, 0.1) is 0 Å². The summed E-state index contributed by atoms with van der Waals surface area (Å²) >= 11 is 0. The molecule has 0 saturated carbocycles. The Kier molecular flexibility index (Phi) is 6.85. The van der Waals surface area contributed by atoms with Crippen molar-refractivity contribution in [2.45, 2.75) is 0 Å². The first-order chi connectivity index (χ1) is 18.1. The van der Waals surface area contributed by atoms with Gasteiger partial charge in [-0.3, -0.25) is 4.79 Å². The molecule has 0 spiro atoms. The van der Waals surface area contributed by atoms with Gasteiger partial charge in [0, 0.05) is 17.3 Å². The van der Waals surface area contributed by atoms with Gasteiger partial charge in [-0.25, -0.2) is 4.98 Å². The maximum atomic E-state index is 13.2. The zero-order valence-corrected chi connectivity index (χ0v) is 20.3. The third kappa shape index (κ3) is 5.31. The van der Waals surface area contributed by atoms with Crippen molar-refractivity contribution >= 4 is 11.6 Å². The zero-order valence-electron chi connectivity index (χ0n) is 20.3. The summed E-state index contributed by atoms with van der Waals surface area (Å²) in [6.45, 7) is 0. The van der Waals surface area contributed by atoms with E-state index < -0.39 is 0 Å². The van der Waals surface area contributed by atoms with Crippen molar-refractivity contribution in [3.63, 3.8) is 0 Å². The van der Waals surface area contributed by atoms with Gasteiger partial charge in [0.2, 0.25) is 5.89 Å². The van der Waals surface area contributed by atoms with Gasteiger partial charge >= 0.3 is 0 Å². The maximum absolute atomic E-state index is 13.2. The minimum atomic E-state index is -0.283. The van der Waals surface area contributed by atoms with Gasteiger partial charge in [-0.05, 0) is 60.7 Å². The molecule has 5 aromatic rings. The lowest BCUT2D eigenvalue weighted by Gasteiger charge is -2.10. The average Bonchev–Trinajstić information content (AvgIpc) is 3.44. The highest BCUT2D eigenvalue weighted by molar-refractivity contribution is 6.08. The molecular weight excluding hydrogens is 468 g/mol. The number of aromatic nitrogens is 1. The maximum Gasteiger partial charge on any atom is 0.256 e. The van der Waals surface area contributed by atoms with E-state index in [0.29, 0.717) is 45.7 Å². The lowest BCUT2D eigenvalue weighted by molar-refractivity contribution is 0.102. The van der Waals surface area contributed by atoms with E-state index in [-0.39, 0.29) is 5.91 Å². The molecule has 184 valence electrons. The Labute approximate surface area is 214 Å². The molecule has 0 aliphatic heterocycles. The molecule has 0 aliphatic rings. The summed E-state index contributed by atoms with van der Waals surface area (Å²) in [4.78, 5) is 17.6. The van der Waals surface area contributed by atoms with Crippen molar-refractivity contribution < 1.29 is 23.4 Å². The molecule has 7 nitrogen and oxygen atoms in total. The van der Waals surface area contributed by atoms with Gasteiger partial charge in [0.05, 0.1) is 31.5 Å². The fourth-order valence-corrected chi connectivity index (χ4v) is 3.82. The van der Waals surface area contributed by atoms with Crippen LogP contribution in [0.2, 0.25) is 0 Å². The van der Waals surface area contributed by atoms with Crippen LogP contribution in [-0.4, -0.2) is 25.1 Å². The molecule has 7 heteroatoms. The molecule has 0 aliphatic carbocycles. The van der Waals surface area contributed by atoms with E-state index in [0.717, 1.165) is 11.3 Å². The fraction of sp³-hybridized carbons (Fsp3) is 0.0667. The number of hydrogen-bond donors (Lipinski definition) is 1. The Hall–Kier alpha value is -5.04. The van der Waals surface area contributed by atoms with Gasteiger partial charge in [-0.15, -0.1) is 0 Å². The lowest BCUT2D eigenvalue weighted by atomic mass is 10.1. The molecule has 0 fully saturated rings. The van der Waals surface area contributed by atoms with E-state index in [2.05, 4.69) is 10.3 Å². The molecule has 0 saturated heterocycles. The summed E-state index contributed by atoms with van der Waals surface area (Å²) in [7, 11) is 3.17. The quantitative estimate of drug-likeness (QED) is 0.249. The van der Waals surface area contributed by atoms with Crippen molar-refractivity contribution in [1.29, 1.82) is 0 Å². The molecule has 5 rings (SSSR count). The van der Waals surface area contributed by atoms with Crippen LogP contribution in [0.5, 0.6) is 23.0 Å². The highest BCUT2D eigenvalue weighted by Gasteiger charge is 2.19. The third-order valence-corrected chi connectivity index (χ3v) is 5.67. The number of oxazole rings is 1. The van der Waals surface area contributed by atoms with E-state index in [4.69, 9.17) is 18.6 Å². The summed E-state index contributed by atoms with van der Waals surface area (Å²) < 4.78 is 22.6. The van der Waals surface area contributed by atoms with E-state index in [1.165, 1.54) is 0 Å². The average molecular weight is 493 g/mol. The number of carbonyl (C=O) groups excluding carboxylic acids is 1. The lowest BCUT2D eigenvalue weighted by Crippen LogP contribution is -2.13. The SMILES string of the molecule is COc1ccc(-c2cnc(-c3ccccc3C(=O)Nc3ccc(Oc4ccccc4)cc3)o2)c(OC)c1. The van der Waals surface area contributed by atoms with Crippen LogP contribution < -0.4 is 19.5 Å². The predicted octanol–water partition coefficient (Wildman–Crippen LogP) is 7.07. The Morgan fingerprint density at radius 1 is 0.757 bits per heavy atom. The number of anilines is 1.